The molecular formula is C15H10ClNO3. The molecule has 3 aromatic rings. The standard InChI is InChI=1S/C15H10ClNO3/c16-10-5-6-12(18)11(8-10)17-15(19)14-7-9-3-1-2-4-13(9)20-14/h1-8,18H,(H,17,19). The predicted molar refractivity (Wildman–Crippen MR) is 77.3 cm³/mol. The smallest absolute Gasteiger partial charge is 0.291 e. The van der Waals surface area contributed by atoms with Crippen molar-refractivity contribution in [2.24, 2.45) is 0 Å². The highest BCUT2D eigenvalue weighted by molar-refractivity contribution is 6.31. The number of carbonyl (C=O) groups is 1. The molecule has 0 bridgehead atoms. The van der Waals surface area contributed by atoms with E-state index in [1.807, 2.05) is 18.2 Å². The highest BCUT2D eigenvalue weighted by Gasteiger charge is 2.14. The van der Waals surface area contributed by atoms with Crippen LogP contribution in [0.3, 0.4) is 0 Å². The number of rotatable bonds is 2. The van der Waals surface area contributed by atoms with E-state index in [2.05, 4.69) is 5.32 Å². The van der Waals surface area contributed by atoms with Crippen LogP contribution < -0.4 is 5.32 Å². The molecule has 5 heteroatoms. The van der Waals surface area contributed by atoms with Gasteiger partial charge in [0.2, 0.25) is 0 Å². The topological polar surface area (TPSA) is 62.5 Å². The van der Waals surface area contributed by atoms with E-state index in [9.17, 15) is 9.90 Å². The molecule has 0 aliphatic heterocycles. The summed E-state index contributed by atoms with van der Waals surface area (Å²) in [6.45, 7) is 0. The summed E-state index contributed by atoms with van der Waals surface area (Å²) in [6, 6.07) is 13.4. The fourth-order valence-corrected chi connectivity index (χ4v) is 2.06. The Morgan fingerprint density at radius 1 is 1.15 bits per heavy atom. The van der Waals surface area contributed by atoms with Gasteiger partial charge in [-0.25, -0.2) is 0 Å². The van der Waals surface area contributed by atoms with Crippen molar-refractivity contribution in [1.82, 2.24) is 0 Å². The fourth-order valence-electron chi connectivity index (χ4n) is 1.89. The van der Waals surface area contributed by atoms with E-state index in [0.717, 1.165) is 5.39 Å². The fraction of sp³-hybridized carbons (Fsp3) is 0. The van der Waals surface area contributed by atoms with Crippen molar-refractivity contribution in [3.05, 3.63) is 59.3 Å². The van der Waals surface area contributed by atoms with Gasteiger partial charge in [0, 0.05) is 10.4 Å². The zero-order valence-electron chi connectivity index (χ0n) is 10.3. The number of phenolic OH excluding ortho intramolecular Hbond substituents is 1. The van der Waals surface area contributed by atoms with E-state index in [0.29, 0.717) is 10.6 Å². The first-order chi connectivity index (χ1) is 9.63. The third-order valence-electron chi connectivity index (χ3n) is 2.86. The minimum absolute atomic E-state index is 0.0566. The van der Waals surface area contributed by atoms with Crippen LogP contribution in [0.2, 0.25) is 5.02 Å². The lowest BCUT2D eigenvalue weighted by Gasteiger charge is -2.05. The summed E-state index contributed by atoms with van der Waals surface area (Å²) in [7, 11) is 0. The molecule has 1 heterocycles. The minimum atomic E-state index is -0.446. The molecule has 4 nitrogen and oxygen atoms in total. The molecule has 2 aromatic carbocycles. The van der Waals surface area contributed by atoms with Gasteiger partial charge in [0.15, 0.2) is 5.76 Å². The molecule has 0 radical (unpaired) electrons. The van der Waals surface area contributed by atoms with Crippen molar-refractivity contribution < 1.29 is 14.3 Å². The second-order valence-corrected chi connectivity index (χ2v) is 4.70. The van der Waals surface area contributed by atoms with Crippen molar-refractivity contribution in [1.29, 1.82) is 0 Å². The maximum Gasteiger partial charge on any atom is 0.291 e. The quantitative estimate of drug-likeness (QED) is 0.699. The first-order valence-electron chi connectivity index (χ1n) is 5.92. The molecule has 0 saturated carbocycles. The van der Waals surface area contributed by atoms with Crippen molar-refractivity contribution in [3.8, 4) is 5.75 Å². The molecule has 2 N–H and O–H groups in total. The average Bonchev–Trinajstić information content (AvgIpc) is 2.87. The van der Waals surface area contributed by atoms with Crippen molar-refractivity contribution >= 4 is 34.2 Å². The first kappa shape index (κ1) is 12.6. The number of hydrogen-bond acceptors (Lipinski definition) is 3. The van der Waals surface area contributed by atoms with Crippen LogP contribution in [-0.2, 0) is 0 Å². The number of amides is 1. The molecule has 1 aromatic heterocycles. The van der Waals surface area contributed by atoms with E-state index in [-0.39, 0.29) is 17.2 Å². The SMILES string of the molecule is O=C(Nc1cc(Cl)ccc1O)c1cc2ccccc2o1. The number of phenols is 1. The number of para-hydroxylation sites is 1. The third kappa shape index (κ3) is 2.33. The van der Waals surface area contributed by atoms with Crippen LogP contribution in [-0.4, -0.2) is 11.0 Å². The molecule has 0 aliphatic rings. The number of furan rings is 1. The van der Waals surface area contributed by atoms with E-state index < -0.39 is 5.91 Å². The normalized spacial score (nSPS) is 10.7. The van der Waals surface area contributed by atoms with Crippen LogP contribution in [0.5, 0.6) is 5.75 Å². The zero-order chi connectivity index (χ0) is 14.1. The molecule has 1 amide bonds. The number of anilines is 1. The van der Waals surface area contributed by atoms with Gasteiger partial charge in [-0.3, -0.25) is 4.79 Å². The molecule has 0 unspecified atom stereocenters. The third-order valence-corrected chi connectivity index (χ3v) is 3.09. The van der Waals surface area contributed by atoms with Crippen LogP contribution >= 0.6 is 11.6 Å². The van der Waals surface area contributed by atoms with Crippen LogP contribution in [0.25, 0.3) is 11.0 Å². The summed E-state index contributed by atoms with van der Waals surface area (Å²) in [5.74, 6) is -0.330. The maximum atomic E-state index is 12.1. The van der Waals surface area contributed by atoms with Gasteiger partial charge in [0.25, 0.3) is 5.91 Å². The first-order valence-corrected chi connectivity index (χ1v) is 6.30. The van der Waals surface area contributed by atoms with Gasteiger partial charge >= 0.3 is 0 Å². The lowest BCUT2D eigenvalue weighted by Crippen LogP contribution is -2.10. The lowest BCUT2D eigenvalue weighted by atomic mass is 10.2. The monoisotopic (exact) mass is 287 g/mol. The van der Waals surface area contributed by atoms with E-state index in [1.54, 1.807) is 12.1 Å². The molecule has 0 saturated heterocycles. The molecule has 0 aliphatic carbocycles. The Morgan fingerprint density at radius 2 is 1.95 bits per heavy atom. The van der Waals surface area contributed by atoms with Gasteiger partial charge in [-0.2, -0.15) is 0 Å². The molecule has 0 atom stereocenters. The Balaban J connectivity index is 1.90. The number of aromatic hydroxyl groups is 1. The van der Waals surface area contributed by atoms with Crippen molar-refractivity contribution in [2.75, 3.05) is 5.32 Å². The molecule has 100 valence electrons. The van der Waals surface area contributed by atoms with Gasteiger partial charge in [-0.1, -0.05) is 29.8 Å². The van der Waals surface area contributed by atoms with Gasteiger partial charge < -0.3 is 14.8 Å². The van der Waals surface area contributed by atoms with Crippen LogP contribution in [0.4, 0.5) is 5.69 Å². The Kier molecular flexibility index (Phi) is 3.08. The largest absolute Gasteiger partial charge is 0.506 e. The average molecular weight is 288 g/mol. The van der Waals surface area contributed by atoms with Crippen molar-refractivity contribution in [3.63, 3.8) is 0 Å². The zero-order valence-corrected chi connectivity index (χ0v) is 11.0. The second kappa shape index (κ2) is 4.90. The van der Waals surface area contributed by atoms with Gasteiger partial charge in [-0.15, -0.1) is 0 Å². The highest BCUT2D eigenvalue weighted by atomic mass is 35.5. The second-order valence-electron chi connectivity index (χ2n) is 4.26. The number of hydrogen-bond donors (Lipinski definition) is 2. The molecule has 3 rings (SSSR count). The number of fused-ring (bicyclic) bond motifs is 1. The number of carbonyl (C=O) groups excluding carboxylic acids is 1. The minimum Gasteiger partial charge on any atom is -0.506 e. The maximum absolute atomic E-state index is 12.1. The summed E-state index contributed by atoms with van der Waals surface area (Å²) in [6.07, 6.45) is 0. The number of benzene rings is 2. The van der Waals surface area contributed by atoms with Gasteiger partial charge in [0.05, 0.1) is 5.69 Å². The summed E-state index contributed by atoms with van der Waals surface area (Å²) >= 11 is 5.82. The number of halogens is 1. The van der Waals surface area contributed by atoms with Gasteiger partial charge in [0.1, 0.15) is 11.3 Å². The Morgan fingerprint density at radius 3 is 2.75 bits per heavy atom. The van der Waals surface area contributed by atoms with E-state index >= 15 is 0 Å². The van der Waals surface area contributed by atoms with Crippen LogP contribution in [0.15, 0.2) is 52.9 Å². The summed E-state index contributed by atoms with van der Waals surface area (Å²) in [4.78, 5) is 12.1. The van der Waals surface area contributed by atoms with Crippen molar-refractivity contribution in [2.45, 2.75) is 0 Å². The molecule has 20 heavy (non-hydrogen) atoms. The summed E-state index contributed by atoms with van der Waals surface area (Å²) in [5.41, 5.74) is 0.871. The van der Waals surface area contributed by atoms with E-state index in [4.69, 9.17) is 16.0 Å². The Bertz CT molecular complexity index is 762. The summed E-state index contributed by atoms with van der Waals surface area (Å²) < 4.78 is 5.45. The van der Waals surface area contributed by atoms with E-state index in [1.165, 1.54) is 18.2 Å². The van der Waals surface area contributed by atoms with Crippen LogP contribution in [0, 0.1) is 0 Å². The molecule has 0 spiro atoms. The van der Waals surface area contributed by atoms with Gasteiger partial charge in [-0.05, 0) is 30.3 Å². The van der Waals surface area contributed by atoms with Crippen LogP contribution in [0.1, 0.15) is 10.6 Å². The number of nitrogens with one attached hydrogen (secondary N) is 1. The Labute approximate surface area is 119 Å². The molecular weight excluding hydrogens is 278 g/mol. The predicted octanol–water partition coefficient (Wildman–Crippen LogP) is 4.04. The lowest BCUT2D eigenvalue weighted by molar-refractivity contribution is 0.0998. The molecule has 0 fully saturated rings. The Hall–Kier alpha value is -2.46. The summed E-state index contributed by atoms with van der Waals surface area (Å²) in [5, 5.41) is 13.5. The highest BCUT2D eigenvalue weighted by Crippen LogP contribution is 2.27.